The van der Waals surface area contributed by atoms with Crippen LogP contribution in [0.2, 0.25) is 0 Å². The summed E-state index contributed by atoms with van der Waals surface area (Å²) in [5, 5.41) is 9.74. The number of fused-ring (bicyclic) bond motifs is 7. The summed E-state index contributed by atoms with van der Waals surface area (Å²) >= 11 is 0. The number of aryl methyl sites for hydroxylation is 1. The van der Waals surface area contributed by atoms with Gasteiger partial charge in [0.25, 0.3) is 0 Å². The van der Waals surface area contributed by atoms with E-state index in [9.17, 15) is 0 Å². The summed E-state index contributed by atoms with van der Waals surface area (Å²) in [6.45, 7) is 0. The maximum Gasteiger partial charge on any atom is 0.136 e. The minimum Gasteiger partial charge on any atom is -0.456 e. The van der Waals surface area contributed by atoms with Gasteiger partial charge >= 0.3 is 0 Å². The van der Waals surface area contributed by atoms with Crippen LogP contribution in [-0.2, 0) is 6.42 Å². The average Bonchev–Trinajstić information content (AvgIpc) is 3.58. The second kappa shape index (κ2) is 11.9. The molecule has 0 saturated carbocycles. The fourth-order valence-electron chi connectivity index (χ4n) is 8.52. The summed E-state index contributed by atoms with van der Waals surface area (Å²) < 4.78 is 6.30. The monoisotopic (exact) mass is 675 g/mol. The van der Waals surface area contributed by atoms with Crippen LogP contribution in [0, 0.1) is 0 Å². The molecule has 0 atom stereocenters. The van der Waals surface area contributed by atoms with Crippen molar-refractivity contribution in [1.29, 1.82) is 0 Å². The van der Waals surface area contributed by atoms with E-state index in [0.29, 0.717) is 0 Å². The van der Waals surface area contributed by atoms with Gasteiger partial charge in [-0.15, -0.1) is 0 Å². The van der Waals surface area contributed by atoms with E-state index in [4.69, 9.17) is 9.40 Å². The molecule has 0 radical (unpaired) electrons. The Kier molecular flexibility index (Phi) is 6.72. The van der Waals surface area contributed by atoms with Gasteiger partial charge in [-0.05, 0) is 127 Å². The molecular weight excluding hydrogens is 643 g/mol. The van der Waals surface area contributed by atoms with E-state index in [0.717, 1.165) is 46.2 Å². The number of hydrogen-bond donors (Lipinski definition) is 0. The zero-order valence-electron chi connectivity index (χ0n) is 29.0. The minimum absolute atomic E-state index is 0.910. The molecule has 8 aromatic carbocycles. The molecule has 0 fully saturated rings. The summed E-state index contributed by atoms with van der Waals surface area (Å²) in [6, 6.07) is 57.3. The highest BCUT2D eigenvalue weighted by atomic mass is 16.3. The van der Waals surface area contributed by atoms with Crippen LogP contribution in [0.15, 0.2) is 174 Å². The quantitative estimate of drug-likeness (QED) is 0.174. The summed E-state index contributed by atoms with van der Waals surface area (Å²) in [6.07, 6.45) is 8.66. The molecule has 2 heterocycles. The predicted octanol–water partition coefficient (Wildman–Crippen LogP) is 14.1. The van der Waals surface area contributed by atoms with E-state index in [1.807, 2.05) is 6.20 Å². The van der Waals surface area contributed by atoms with Gasteiger partial charge in [0, 0.05) is 28.1 Å². The van der Waals surface area contributed by atoms with Crippen LogP contribution in [0.5, 0.6) is 0 Å². The van der Waals surface area contributed by atoms with Gasteiger partial charge in [0.1, 0.15) is 11.2 Å². The van der Waals surface area contributed by atoms with Gasteiger partial charge in [0.05, 0.1) is 5.69 Å². The van der Waals surface area contributed by atoms with Gasteiger partial charge in [-0.3, -0.25) is 4.98 Å². The molecule has 53 heavy (non-hydrogen) atoms. The third-order valence-electron chi connectivity index (χ3n) is 11.1. The molecule has 0 amide bonds. The molecule has 248 valence electrons. The first-order valence-corrected chi connectivity index (χ1v) is 18.4. The first-order valence-electron chi connectivity index (χ1n) is 18.4. The van der Waals surface area contributed by atoms with E-state index in [-0.39, 0.29) is 0 Å². The van der Waals surface area contributed by atoms with E-state index in [2.05, 4.69) is 170 Å². The fraction of sp³-hybridized carbons (Fsp3) is 0.0392. The number of pyridine rings is 1. The second-order valence-electron chi connectivity index (χ2n) is 14.2. The van der Waals surface area contributed by atoms with E-state index in [1.54, 1.807) is 0 Å². The largest absolute Gasteiger partial charge is 0.456 e. The van der Waals surface area contributed by atoms with Crippen molar-refractivity contribution in [1.82, 2.24) is 4.98 Å². The number of nitrogens with zero attached hydrogens (tertiary/aromatic N) is 1. The Hall–Kier alpha value is -6.77. The molecule has 2 nitrogen and oxygen atoms in total. The number of rotatable bonds is 4. The van der Waals surface area contributed by atoms with Crippen LogP contribution in [0.25, 0.3) is 105 Å². The van der Waals surface area contributed by atoms with E-state index >= 15 is 0 Å². The Morgan fingerprint density at radius 3 is 1.79 bits per heavy atom. The maximum absolute atomic E-state index is 6.30. The highest BCUT2D eigenvalue weighted by molar-refractivity contribution is 6.21. The Bertz CT molecular complexity index is 3030. The lowest BCUT2D eigenvalue weighted by molar-refractivity contribution is 0.668. The molecule has 0 bridgehead atoms. The smallest absolute Gasteiger partial charge is 0.136 e. The van der Waals surface area contributed by atoms with Crippen LogP contribution >= 0.6 is 0 Å². The lowest BCUT2D eigenvalue weighted by atomic mass is 9.86. The van der Waals surface area contributed by atoms with Gasteiger partial charge in [0.15, 0.2) is 0 Å². The number of benzene rings is 8. The van der Waals surface area contributed by atoms with Crippen molar-refractivity contribution in [2.75, 3.05) is 0 Å². The lowest BCUT2D eigenvalue weighted by Gasteiger charge is -2.18. The molecule has 2 aromatic heterocycles. The molecule has 0 aliphatic heterocycles. The Balaban J connectivity index is 1.000. The second-order valence-corrected chi connectivity index (χ2v) is 14.2. The van der Waals surface area contributed by atoms with Crippen molar-refractivity contribution in [2.45, 2.75) is 12.8 Å². The van der Waals surface area contributed by atoms with Crippen molar-refractivity contribution in [3.63, 3.8) is 0 Å². The first-order chi connectivity index (χ1) is 26.2. The van der Waals surface area contributed by atoms with Gasteiger partial charge in [-0.2, -0.15) is 0 Å². The number of allylic oxidation sites excluding steroid dienone is 1. The number of furan rings is 1. The van der Waals surface area contributed by atoms with Crippen molar-refractivity contribution < 1.29 is 4.42 Å². The molecule has 0 unspecified atom stereocenters. The predicted molar refractivity (Wildman–Crippen MR) is 223 cm³/mol. The van der Waals surface area contributed by atoms with Gasteiger partial charge in [-0.1, -0.05) is 127 Å². The summed E-state index contributed by atoms with van der Waals surface area (Å²) in [7, 11) is 0. The number of aromatic nitrogens is 1. The fourth-order valence-corrected chi connectivity index (χ4v) is 8.52. The average molecular weight is 676 g/mol. The van der Waals surface area contributed by atoms with Crippen LogP contribution in [0.3, 0.4) is 0 Å². The topological polar surface area (TPSA) is 26.0 Å². The molecule has 11 rings (SSSR count). The van der Waals surface area contributed by atoms with Gasteiger partial charge in [0.2, 0.25) is 0 Å². The Labute approximate surface area is 307 Å². The Morgan fingerprint density at radius 1 is 0.434 bits per heavy atom. The summed E-state index contributed by atoms with van der Waals surface area (Å²) in [5.41, 5.74) is 13.8. The molecular formula is C51H33NO. The van der Waals surface area contributed by atoms with E-state index in [1.165, 1.54) is 76.6 Å². The summed E-state index contributed by atoms with van der Waals surface area (Å²) in [5.74, 6) is 0. The van der Waals surface area contributed by atoms with Gasteiger partial charge in [-0.25, -0.2) is 0 Å². The third kappa shape index (κ3) is 4.91. The molecule has 1 aliphatic carbocycles. The molecule has 1 aliphatic rings. The zero-order chi connectivity index (χ0) is 34.9. The van der Waals surface area contributed by atoms with Crippen molar-refractivity contribution in [3.05, 3.63) is 181 Å². The molecule has 0 saturated heterocycles. The Morgan fingerprint density at radius 2 is 1.06 bits per heavy atom. The highest BCUT2D eigenvalue weighted by Crippen LogP contribution is 2.44. The standard InChI is InChI=1S/C51H33NO/c1-2-10-35-27-38(22-19-32(35)9-1)33-17-20-34(21-18-33)50-41-13-5-7-15-43(41)51(44-16-8-6-14-42(44)50)40-23-25-47(52-31-40)39-24-26-48-45(29-39)46-28-36-11-3-4-12-37(36)30-49(46)53-48/h1-2,4-10,12-31H,3,11H2. The molecule has 10 aromatic rings. The lowest BCUT2D eigenvalue weighted by Crippen LogP contribution is -1.93. The molecule has 2 heteroatoms. The zero-order valence-corrected chi connectivity index (χ0v) is 29.0. The number of hydrogen-bond acceptors (Lipinski definition) is 2. The van der Waals surface area contributed by atoms with Crippen molar-refractivity contribution >= 4 is 60.3 Å². The minimum atomic E-state index is 0.910. The van der Waals surface area contributed by atoms with Crippen LogP contribution in [0.1, 0.15) is 17.5 Å². The van der Waals surface area contributed by atoms with Crippen molar-refractivity contribution in [3.8, 4) is 44.6 Å². The van der Waals surface area contributed by atoms with E-state index < -0.39 is 0 Å². The van der Waals surface area contributed by atoms with Crippen LogP contribution in [0.4, 0.5) is 0 Å². The van der Waals surface area contributed by atoms with Crippen LogP contribution in [-0.4, -0.2) is 4.98 Å². The van der Waals surface area contributed by atoms with Crippen molar-refractivity contribution in [2.24, 2.45) is 0 Å². The van der Waals surface area contributed by atoms with Gasteiger partial charge < -0.3 is 4.42 Å². The first kappa shape index (κ1) is 29.9. The third-order valence-corrected chi connectivity index (χ3v) is 11.1. The van der Waals surface area contributed by atoms with Crippen LogP contribution < -0.4 is 0 Å². The molecule has 0 spiro atoms. The maximum atomic E-state index is 6.30. The molecule has 0 N–H and O–H groups in total. The SMILES string of the molecule is C1=Cc2cc3oc4ccc(-c5ccc(-c6c7ccccc7c(-c7ccc(-c8ccc9ccccc9c8)cc7)c7ccccc67)cn5)cc4c3cc2CC1. The highest BCUT2D eigenvalue weighted by Gasteiger charge is 2.18. The normalized spacial score (nSPS) is 12.7. The summed E-state index contributed by atoms with van der Waals surface area (Å²) in [4.78, 5) is 5.08.